The molecule has 0 aliphatic heterocycles. The van der Waals surface area contributed by atoms with Crippen molar-refractivity contribution in [1.82, 2.24) is 10.1 Å². The van der Waals surface area contributed by atoms with Crippen molar-refractivity contribution < 1.29 is 9.63 Å². The highest BCUT2D eigenvalue weighted by molar-refractivity contribution is 5.15. The van der Waals surface area contributed by atoms with E-state index in [9.17, 15) is 5.11 Å². The van der Waals surface area contributed by atoms with Gasteiger partial charge in [-0.25, -0.2) is 0 Å². The third kappa shape index (κ3) is 3.41. The quantitative estimate of drug-likeness (QED) is 0.862. The minimum atomic E-state index is -0.317. The summed E-state index contributed by atoms with van der Waals surface area (Å²) in [5.41, 5.74) is 1.27. The fourth-order valence-electron chi connectivity index (χ4n) is 2.20. The Hall–Kier alpha value is -1.68. The second-order valence-corrected chi connectivity index (χ2v) is 5.20. The fraction of sp³-hybridized carbons (Fsp3) is 0.467. The molecule has 4 heteroatoms. The Morgan fingerprint density at radius 3 is 2.74 bits per heavy atom. The molecule has 1 aliphatic carbocycles. The van der Waals surface area contributed by atoms with E-state index in [0.29, 0.717) is 18.2 Å². The Kier molecular flexibility index (Phi) is 3.60. The number of hydrogen-bond donors (Lipinski definition) is 1. The number of aryl methyl sites for hydroxylation is 2. The lowest BCUT2D eigenvalue weighted by molar-refractivity contribution is 0.140. The van der Waals surface area contributed by atoms with Crippen LogP contribution in [0.2, 0.25) is 0 Å². The van der Waals surface area contributed by atoms with E-state index in [1.807, 2.05) is 18.2 Å². The summed E-state index contributed by atoms with van der Waals surface area (Å²) in [4.78, 5) is 4.34. The van der Waals surface area contributed by atoms with Gasteiger partial charge in [-0.2, -0.15) is 4.98 Å². The molecular formula is C15H18N2O2. The zero-order valence-electron chi connectivity index (χ0n) is 10.8. The molecule has 19 heavy (non-hydrogen) atoms. The van der Waals surface area contributed by atoms with Crippen LogP contribution < -0.4 is 0 Å². The van der Waals surface area contributed by atoms with Gasteiger partial charge in [0.15, 0.2) is 5.82 Å². The van der Waals surface area contributed by atoms with Crippen LogP contribution in [0.4, 0.5) is 0 Å². The average Bonchev–Trinajstić information content (AvgIpc) is 3.20. The van der Waals surface area contributed by atoms with Crippen LogP contribution in [0.15, 0.2) is 34.9 Å². The monoisotopic (exact) mass is 258 g/mol. The lowest BCUT2D eigenvalue weighted by Gasteiger charge is -2.03. The molecule has 3 rings (SSSR count). The fourth-order valence-corrected chi connectivity index (χ4v) is 2.20. The Labute approximate surface area is 112 Å². The lowest BCUT2D eigenvalue weighted by atomic mass is 10.1. The van der Waals surface area contributed by atoms with Crippen molar-refractivity contribution in [2.24, 2.45) is 5.92 Å². The maximum Gasteiger partial charge on any atom is 0.229 e. The van der Waals surface area contributed by atoms with Gasteiger partial charge in [0.05, 0.1) is 12.5 Å². The molecule has 1 aromatic carbocycles. The largest absolute Gasteiger partial charge is 0.392 e. The summed E-state index contributed by atoms with van der Waals surface area (Å²) in [7, 11) is 0. The van der Waals surface area contributed by atoms with E-state index in [4.69, 9.17) is 4.52 Å². The highest BCUT2D eigenvalue weighted by Gasteiger charge is 2.30. The molecule has 1 heterocycles. The zero-order valence-corrected chi connectivity index (χ0v) is 10.8. The number of benzene rings is 1. The Morgan fingerprint density at radius 1 is 1.21 bits per heavy atom. The van der Waals surface area contributed by atoms with E-state index in [-0.39, 0.29) is 6.10 Å². The first-order valence-electron chi connectivity index (χ1n) is 6.85. The van der Waals surface area contributed by atoms with Gasteiger partial charge in [-0.05, 0) is 30.7 Å². The third-order valence-electron chi connectivity index (χ3n) is 3.54. The first-order chi connectivity index (χ1) is 9.31. The van der Waals surface area contributed by atoms with Gasteiger partial charge >= 0.3 is 0 Å². The minimum absolute atomic E-state index is 0.317. The molecule has 4 nitrogen and oxygen atoms in total. The number of rotatable bonds is 6. The summed E-state index contributed by atoms with van der Waals surface area (Å²) in [5.74, 6) is 1.73. The predicted octanol–water partition coefficient (Wildman–Crippen LogP) is 2.17. The second kappa shape index (κ2) is 5.53. The van der Waals surface area contributed by atoms with Crippen molar-refractivity contribution in [3.05, 3.63) is 47.6 Å². The summed E-state index contributed by atoms with van der Waals surface area (Å²) < 4.78 is 5.18. The number of nitrogens with zero attached hydrogens (tertiary/aromatic N) is 2. The van der Waals surface area contributed by atoms with Gasteiger partial charge in [-0.3, -0.25) is 0 Å². The van der Waals surface area contributed by atoms with Crippen LogP contribution in [-0.2, 0) is 19.3 Å². The number of aliphatic hydroxyl groups excluding tert-OH is 1. The molecule has 1 aliphatic rings. The topological polar surface area (TPSA) is 59.2 Å². The van der Waals surface area contributed by atoms with E-state index in [2.05, 4.69) is 22.3 Å². The van der Waals surface area contributed by atoms with Crippen molar-refractivity contribution in [1.29, 1.82) is 0 Å². The molecule has 0 radical (unpaired) electrons. The highest BCUT2D eigenvalue weighted by atomic mass is 16.5. The van der Waals surface area contributed by atoms with Crippen molar-refractivity contribution >= 4 is 0 Å². The minimum Gasteiger partial charge on any atom is -0.392 e. The predicted molar refractivity (Wildman–Crippen MR) is 70.6 cm³/mol. The van der Waals surface area contributed by atoms with E-state index in [1.54, 1.807) is 0 Å². The molecule has 0 amide bonds. The summed E-state index contributed by atoms with van der Waals surface area (Å²) in [5, 5.41) is 13.8. The van der Waals surface area contributed by atoms with E-state index >= 15 is 0 Å². The van der Waals surface area contributed by atoms with Crippen LogP contribution in [0.1, 0.15) is 30.1 Å². The van der Waals surface area contributed by atoms with Crippen LogP contribution in [0.25, 0.3) is 0 Å². The number of hydrogen-bond acceptors (Lipinski definition) is 4. The first kappa shape index (κ1) is 12.4. The van der Waals surface area contributed by atoms with Crippen LogP contribution in [0.3, 0.4) is 0 Å². The molecular weight excluding hydrogens is 240 g/mol. The second-order valence-electron chi connectivity index (χ2n) is 5.20. The lowest BCUT2D eigenvalue weighted by Crippen LogP contribution is -2.12. The Balaban J connectivity index is 1.53. The van der Waals surface area contributed by atoms with Gasteiger partial charge in [-0.1, -0.05) is 35.5 Å². The van der Waals surface area contributed by atoms with Crippen LogP contribution in [0.5, 0.6) is 0 Å². The molecule has 0 saturated heterocycles. The van der Waals surface area contributed by atoms with Gasteiger partial charge in [0.1, 0.15) is 0 Å². The van der Waals surface area contributed by atoms with Gasteiger partial charge in [0.25, 0.3) is 0 Å². The van der Waals surface area contributed by atoms with Crippen molar-refractivity contribution in [2.75, 3.05) is 0 Å². The first-order valence-corrected chi connectivity index (χ1v) is 6.85. The Bertz CT molecular complexity index is 520. The third-order valence-corrected chi connectivity index (χ3v) is 3.54. The Morgan fingerprint density at radius 2 is 2.00 bits per heavy atom. The maximum atomic E-state index is 9.83. The summed E-state index contributed by atoms with van der Waals surface area (Å²) >= 11 is 0. The van der Waals surface area contributed by atoms with Crippen LogP contribution >= 0.6 is 0 Å². The average molecular weight is 258 g/mol. The van der Waals surface area contributed by atoms with Crippen molar-refractivity contribution in [3.8, 4) is 0 Å². The SMILES string of the molecule is OC(Cc1nc(CCc2ccccc2)no1)C1CC1. The van der Waals surface area contributed by atoms with E-state index in [1.165, 1.54) is 5.56 Å². The van der Waals surface area contributed by atoms with Gasteiger partial charge in [0.2, 0.25) is 5.89 Å². The molecule has 1 saturated carbocycles. The molecule has 1 aromatic heterocycles. The molecule has 1 unspecified atom stereocenters. The normalized spacial score (nSPS) is 16.5. The van der Waals surface area contributed by atoms with Crippen LogP contribution in [0, 0.1) is 5.92 Å². The van der Waals surface area contributed by atoms with Crippen LogP contribution in [-0.4, -0.2) is 21.4 Å². The molecule has 100 valence electrons. The smallest absolute Gasteiger partial charge is 0.229 e. The standard InChI is InChI=1S/C15H18N2O2/c18-13(12-7-8-12)10-15-16-14(17-19-15)9-6-11-4-2-1-3-5-11/h1-5,12-13,18H,6-10H2. The van der Waals surface area contributed by atoms with Crippen molar-refractivity contribution in [3.63, 3.8) is 0 Å². The van der Waals surface area contributed by atoms with E-state index < -0.39 is 0 Å². The zero-order chi connectivity index (χ0) is 13.1. The number of aromatic nitrogens is 2. The van der Waals surface area contributed by atoms with E-state index in [0.717, 1.165) is 31.5 Å². The number of aliphatic hydroxyl groups is 1. The van der Waals surface area contributed by atoms with Gasteiger partial charge < -0.3 is 9.63 Å². The molecule has 2 aromatic rings. The summed E-state index contributed by atoms with van der Waals surface area (Å²) in [6, 6.07) is 10.3. The van der Waals surface area contributed by atoms with Gasteiger partial charge in [-0.15, -0.1) is 0 Å². The molecule has 1 fully saturated rings. The molecule has 0 bridgehead atoms. The van der Waals surface area contributed by atoms with Crippen molar-refractivity contribution in [2.45, 2.75) is 38.2 Å². The summed E-state index contributed by atoms with van der Waals surface area (Å²) in [6.07, 6.45) is 4.09. The molecule has 1 atom stereocenters. The molecule has 0 spiro atoms. The van der Waals surface area contributed by atoms with Gasteiger partial charge in [0, 0.05) is 6.42 Å². The maximum absolute atomic E-state index is 9.83. The summed E-state index contributed by atoms with van der Waals surface area (Å²) in [6.45, 7) is 0. The highest BCUT2D eigenvalue weighted by Crippen LogP contribution is 2.33. The molecule has 1 N–H and O–H groups in total.